The summed E-state index contributed by atoms with van der Waals surface area (Å²) in [4.78, 5) is 18.0. The Hall–Kier alpha value is -2.63. The van der Waals surface area contributed by atoms with Gasteiger partial charge in [-0.2, -0.15) is 0 Å². The number of amides is 1. The van der Waals surface area contributed by atoms with E-state index in [0.717, 1.165) is 11.5 Å². The highest BCUT2D eigenvalue weighted by Gasteiger charge is 2.11. The van der Waals surface area contributed by atoms with Crippen molar-refractivity contribution < 1.29 is 9.32 Å². The smallest absolute Gasteiger partial charge is 0.277 e. The highest BCUT2D eigenvalue weighted by Crippen LogP contribution is 2.18. The number of anilines is 2. The lowest BCUT2D eigenvalue weighted by molar-refractivity contribution is 0.101. The molecule has 0 aliphatic rings. The average molecular weight is 286 g/mol. The first kappa shape index (κ1) is 14.8. The van der Waals surface area contributed by atoms with E-state index in [1.165, 1.54) is 0 Å². The molecule has 1 aromatic heterocycles. The van der Waals surface area contributed by atoms with Crippen LogP contribution in [0.3, 0.4) is 0 Å². The molecule has 0 saturated carbocycles. The number of hydrogen-bond donors (Lipinski definition) is 1. The van der Waals surface area contributed by atoms with Crippen LogP contribution >= 0.6 is 0 Å². The Balaban J connectivity index is 2.07. The molecule has 0 radical (unpaired) electrons. The van der Waals surface area contributed by atoms with Gasteiger partial charge in [0.25, 0.3) is 5.91 Å². The minimum atomic E-state index is -0.292. The summed E-state index contributed by atoms with van der Waals surface area (Å²) in [6, 6.07) is 9.09. The first-order valence-electron chi connectivity index (χ1n) is 6.53. The minimum absolute atomic E-state index is 0.266. The number of nitrogens with zero attached hydrogens (tertiary/aromatic N) is 3. The molecule has 0 aliphatic carbocycles. The molecule has 1 amide bonds. The van der Waals surface area contributed by atoms with E-state index in [2.05, 4.69) is 15.5 Å². The van der Waals surface area contributed by atoms with Crippen LogP contribution in [0.2, 0.25) is 0 Å². The predicted molar refractivity (Wildman–Crippen MR) is 83.1 cm³/mol. The van der Waals surface area contributed by atoms with Crippen LogP contribution in [0.5, 0.6) is 0 Å². The second-order valence-corrected chi connectivity index (χ2v) is 4.65. The Morgan fingerprint density at radius 2 is 2.00 bits per heavy atom. The van der Waals surface area contributed by atoms with E-state index in [0.29, 0.717) is 11.4 Å². The van der Waals surface area contributed by atoms with Crippen molar-refractivity contribution in [2.75, 3.05) is 24.3 Å². The van der Waals surface area contributed by atoms with Gasteiger partial charge in [-0.3, -0.25) is 9.79 Å². The fourth-order valence-electron chi connectivity index (χ4n) is 1.77. The van der Waals surface area contributed by atoms with Gasteiger partial charge >= 0.3 is 0 Å². The van der Waals surface area contributed by atoms with Crippen LogP contribution in [0.1, 0.15) is 23.2 Å². The van der Waals surface area contributed by atoms with E-state index in [4.69, 9.17) is 4.52 Å². The Morgan fingerprint density at radius 3 is 2.52 bits per heavy atom. The van der Waals surface area contributed by atoms with Crippen molar-refractivity contribution in [3.8, 4) is 0 Å². The van der Waals surface area contributed by atoms with Crippen molar-refractivity contribution in [1.82, 2.24) is 5.16 Å². The van der Waals surface area contributed by atoms with Gasteiger partial charge in [-0.1, -0.05) is 5.16 Å². The van der Waals surface area contributed by atoms with Crippen LogP contribution in [-0.4, -0.2) is 31.0 Å². The number of nitrogens with one attached hydrogen (secondary N) is 1. The molecule has 6 heteroatoms. The summed E-state index contributed by atoms with van der Waals surface area (Å²) in [5.74, 6) is 1.22. The molecule has 21 heavy (non-hydrogen) atoms. The van der Waals surface area contributed by atoms with Gasteiger partial charge in [-0.25, -0.2) is 0 Å². The maximum Gasteiger partial charge on any atom is 0.277 e. The van der Waals surface area contributed by atoms with Crippen molar-refractivity contribution in [3.05, 3.63) is 41.8 Å². The summed E-state index contributed by atoms with van der Waals surface area (Å²) >= 11 is 0. The molecule has 0 atom stereocenters. The zero-order chi connectivity index (χ0) is 15.4. The highest BCUT2D eigenvalue weighted by molar-refractivity contribution is 6.03. The van der Waals surface area contributed by atoms with Gasteiger partial charge < -0.3 is 14.7 Å². The normalized spacial score (nSPS) is 11.3. The van der Waals surface area contributed by atoms with Gasteiger partial charge in [0, 0.05) is 31.5 Å². The van der Waals surface area contributed by atoms with Gasteiger partial charge in [-0.05, 0) is 38.1 Å². The van der Waals surface area contributed by atoms with Crippen LogP contribution < -0.4 is 10.2 Å². The molecule has 2 aromatic rings. The fraction of sp³-hybridized carbons (Fsp3) is 0.267. The summed E-state index contributed by atoms with van der Waals surface area (Å²) in [6.07, 6.45) is 0. The molecule has 0 spiro atoms. The molecule has 0 aliphatic heterocycles. The molecule has 6 nitrogen and oxygen atoms in total. The van der Waals surface area contributed by atoms with Crippen molar-refractivity contribution in [2.45, 2.75) is 13.8 Å². The Labute approximate surface area is 123 Å². The Morgan fingerprint density at radius 1 is 1.33 bits per heavy atom. The van der Waals surface area contributed by atoms with Crippen molar-refractivity contribution in [1.29, 1.82) is 0 Å². The second kappa shape index (κ2) is 6.21. The Bertz CT molecular complexity index is 659. The van der Waals surface area contributed by atoms with Gasteiger partial charge in [0.1, 0.15) is 5.76 Å². The molecule has 0 bridgehead atoms. The number of aromatic nitrogens is 1. The number of hydrogen-bond acceptors (Lipinski definition) is 4. The molecule has 1 aromatic carbocycles. The maximum absolute atomic E-state index is 11.9. The summed E-state index contributed by atoms with van der Waals surface area (Å²) in [5.41, 5.74) is 1.96. The van der Waals surface area contributed by atoms with Crippen LogP contribution in [0.25, 0.3) is 0 Å². The SMILES string of the molecule is CN=C(C)N(C)c1ccc(NC(=O)c2cc(C)on2)cc1. The van der Waals surface area contributed by atoms with Crippen molar-refractivity contribution >= 4 is 23.1 Å². The molecular weight excluding hydrogens is 268 g/mol. The van der Waals surface area contributed by atoms with E-state index in [9.17, 15) is 4.79 Å². The van der Waals surface area contributed by atoms with Gasteiger partial charge in [0.2, 0.25) is 0 Å². The second-order valence-electron chi connectivity index (χ2n) is 4.65. The quantitative estimate of drug-likeness (QED) is 0.695. The number of benzene rings is 1. The van der Waals surface area contributed by atoms with E-state index in [-0.39, 0.29) is 11.6 Å². The highest BCUT2D eigenvalue weighted by atomic mass is 16.5. The molecule has 0 unspecified atom stereocenters. The largest absolute Gasteiger partial charge is 0.361 e. The average Bonchev–Trinajstić information content (AvgIpc) is 2.93. The third-order valence-electron chi connectivity index (χ3n) is 3.18. The molecule has 1 heterocycles. The Kier molecular flexibility index (Phi) is 4.37. The third kappa shape index (κ3) is 3.47. The van der Waals surface area contributed by atoms with Gasteiger partial charge in [0.05, 0.1) is 5.84 Å². The molecule has 110 valence electrons. The zero-order valence-electron chi connectivity index (χ0n) is 12.5. The monoisotopic (exact) mass is 286 g/mol. The minimum Gasteiger partial charge on any atom is -0.361 e. The fourth-order valence-corrected chi connectivity index (χ4v) is 1.77. The standard InChI is InChI=1S/C15H18N4O2/c1-10-9-14(18-21-10)15(20)17-12-5-7-13(8-6-12)19(4)11(2)16-3/h5-9H,1-4H3,(H,17,20). The number of aryl methyl sites for hydroxylation is 1. The van der Waals surface area contributed by atoms with Gasteiger partial charge in [-0.15, -0.1) is 0 Å². The van der Waals surface area contributed by atoms with Gasteiger partial charge in [0.15, 0.2) is 5.69 Å². The lowest BCUT2D eigenvalue weighted by atomic mass is 10.2. The number of aliphatic imine (C=N–C) groups is 1. The lowest BCUT2D eigenvalue weighted by Gasteiger charge is -2.18. The topological polar surface area (TPSA) is 70.7 Å². The van der Waals surface area contributed by atoms with E-state index < -0.39 is 0 Å². The zero-order valence-corrected chi connectivity index (χ0v) is 12.5. The van der Waals surface area contributed by atoms with Crippen molar-refractivity contribution in [3.63, 3.8) is 0 Å². The third-order valence-corrected chi connectivity index (χ3v) is 3.18. The molecule has 0 saturated heterocycles. The van der Waals surface area contributed by atoms with E-state index in [1.807, 2.05) is 43.1 Å². The van der Waals surface area contributed by atoms with Crippen LogP contribution in [0.15, 0.2) is 39.8 Å². The lowest BCUT2D eigenvalue weighted by Crippen LogP contribution is -2.23. The molecule has 2 rings (SSSR count). The summed E-state index contributed by atoms with van der Waals surface area (Å²) < 4.78 is 4.88. The number of amidine groups is 1. The number of carbonyl (C=O) groups is 1. The van der Waals surface area contributed by atoms with Crippen LogP contribution in [0.4, 0.5) is 11.4 Å². The summed E-state index contributed by atoms with van der Waals surface area (Å²) in [5, 5.41) is 6.45. The molecule has 0 fully saturated rings. The summed E-state index contributed by atoms with van der Waals surface area (Å²) in [6.45, 7) is 3.68. The number of rotatable bonds is 3. The van der Waals surface area contributed by atoms with E-state index in [1.54, 1.807) is 20.0 Å². The first-order chi connectivity index (χ1) is 10.0. The molecular formula is C15H18N4O2. The van der Waals surface area contributed by atoms with Crippen molar-refractivity contribution in [2.24, 2.45) is 4.99 Å². The first-order valence-corrected chi connectivity index (χ1v) is 6.53. The molecule has 1 N–H and O–H groups in total. The van der Waals surface area contributed by atoms with E-state index >= 15 is 0 Å². The summed E-state index contributed by atoms with van der Waals surface area (Å²) in [7, 11) is 3.69. The van der Waals surface area contributed by atoms with Crippen LogP contribution in [-0.2, 0) is 0 Å². The number of carbonyl (C=O) groups excluding carboxylic acids is 1. The predicted octanol–water partition coefficient (Wildman–Crippen LogP) is 2.72. The van der Waals surface area contributed by atoms with Crippen LogP contribution in [0, 0.1) is 6.92 Å². The maximum atomic E-state index is 11.9.